The first-order chi connectivity index (χ1) is 12.4. The summed E-state index contributed by atoms with van der Waals surface area (Å²) in [4.78, 5) is 11.3. The van der Waals surface area contributed by atoms with E-state index in [1.807, 2.05) is 0 Å². The molecule has 4 aliphatic rings. The first kappa shape index (κ1) is 18.5. The minimum atomic E-state index is -0.271. The van der Waals surface area contributed by atoms with E-state index in [1.54, 1.807) is 5.57 Å². The average Bonchev–Trinajstić information content (AvgIpc) is 2.94. The summed E-state index contributed by atoms with van der Waals surface area (Å²) in [7, 11) is 0. The number of hydrogen-bond donors (Lipinski definition) is 3. The maximum Gasteiger partial charge on any atom is 0.259 e. The molecule has 0 heterocycles. The lowest BCUT2D eigenvalue weighted by Crippen LogP contribution is -2.51. The van der Waals surface area contributed by atoms with E-state index >= 15 is 0 Å². The van der Waals surface area contributed by atoms with Crippen LogP contribution in [-0.4, -0.2) is 29.8 Å². The predicted octanol–water partition coefficient (Wildman–Crippen LogP) is 2.69. The highest BCUT2D eigenvalue weighted by molar-refractivity contribution is 5.76. The Labute approximate surface area is 156 Å². The Morgan fingerprint density at radius 2 is 2.04 bits per heavy atom. The van der Waals surface area contributed by atoms with E-state index in [9.17, 15) is 9.90 Å². The van der Waals surface area contributed by atoms with Crippen LogP contribution in [0.2, 0.25) is 0 Å². The Morgan fingerprint density at radius 1 is 1.23 bits per heavy atom. The van der Waals surface area contributed by atoms with Gasteiger partial charge in [-0.25, -0.2) is 5.84 Å². The Hall–Kier alpha value is -0.910. The van der Waals surface area contributed by atoms with Gasteiger partial charge in [-0.05, 0) is 80.0 Å². The summed E-state index contributed by atoms with van der Waals surface area (Å²) in [5.74, 6) is 7.05. The van der Waals surface area contributed by atoms with Gasteiger partial charge in [-0.2, -0.15) is 0 Å². The van der Waals surface area contributed by atoms with Crippen LogP contribution in [0.15, 0.2) is 11.6 Å². The average molecular weight is 363 g/mol. The van der Waals surface area contributed by atoms with Crippen LogP contribution in [0.4, 0.5) is 0 Å². The highest BCUT2D eigenvalue weighted by Gasteiger charge is 2.58. The smallest absolute Gasteiger partial charge is 0.259 e. The van der Waals surface area contributed by atoms with E-state index in [1.165, 1.54) is 25.7 Å². The highest BCUT2D eigenvalue weighted by Crippen LogP contribution is 2.65. The molecule has 0 aromatic rings. The van der Waals surface area contributed by atoms with Gasteiger partial charge in [-0.3, -0.25) is 10.2 Å². The summed E-state index contributed by atoms with van der Waals surface area (Å²) >= 11 is 0. The number of aliphatic hydroxyl groups is 1. The van der Waals surface area contributed by atoms with Gasteiger partial charge in [0.25, 0.3) is 5.91 Å². The van der Waals surface area contributed by atoms with Crippen LogP contribution in [0, 0.1) is 28.6 Å². The molecule has 5 heteroatoms. The second kappa shape index (κ2) is 6.61. The highest BCUT2D eigenvalue weighted by atomic mass is 16.5. The number of aliphatic hydroxyl groups excluding tert-OH is 1. The molecule has 3 fully saturated rings. The third-order valence-corrected chi connectivity index (χ3v) is 8.61. The lowest BCUT2D eigenvalue weighted by Gasteiger charge is -2.58. The Morgan fingerprint density at radius 3 is 2.81 bits per heavy atom. The lowest BCUT2D eigenvalue weighted by molar-refractivity contribution is -0.127. The first-order valence-corrected chi connectivity index (χ1v) is 10.4. The van der Waals surface area contributed by atoms with Crippen LogP contribution >= 0.6 is 0 Å². The second-order valence-electron chi connectivity index (χ2n) is 9.62. The van der Waals surface area contributed by atoms with Gasteiger partial charge in [-0.1, -0.05) is 25.5 Å². The van der Waals surface area contributed by atoms with E-state index in [2.05, 4.69) is 25.3 Å². The van der Waals surface area contributed by atoms with Crippen molar-refractivity contribution in [3.05, 3.63) is 11.6 Å². The van der Waals surface area contributed by atoms with E-state index in [0.29, 0.717) is 5.92 Å². The number of rotatable bonds is 3. The minimum Gasteiger partial charge on any atom is -0.393 e. The fourth-order valence-corrected chi connectivity index (χ4v) is 7.02. The molecule has 0 radical (unpaired) electrons. The molecule has 7 atom stereocenters. The maximum absolute atomic E-state index is 11.3. The molecule has 146 valence electrons. The Kier molecular flexibility index (Phi) is 4.69. The van der Waals surface area contributed by atoms with Crippen LogP contribution in [0.3, 0.4) is 0 Å². The van der Waals surface area contributed by atoms with Crippen molar-refractivity contribution in [1.82, 2.24) is 5.43 Å². The fraction of sp³-hybridized carbons (Fsp3) is 0.857. The van der Waals surface area contributed by atoms with Gasteiger partial charge in [0.05, 0.1) is 12.2 Å². The predicted molar refractivity (Wildman–Crippen MR) is 99.8 cm³/mol. The monoisotopic (exact) mass is 362 g/mol. The maximum atomic E-state index is 11.3. The number of carbonyl (C=O) groups is 1. The Bertz CT molecular complexity index is 606. The van der Waals surface area contributed by atoms with Crippen molar-refractivity contribution in [3.8, 4) is 0 Å². The molecule has 6 unspecified atom stereocenters. The molecule has 4 N–H and O–H groups in total. The molecule has 0 spiro atoms. The zero-order valence-corrected chi connectivity index (χ0v) is 16.2. The third-order valence-electron chi connectivity index (χ3n) is 8.61. The van der Waals surface area contributed by atoms with E-state index < -0.39 is 0 Å². The molecule has 0 bridgehead atoms. The Balaban J connectivity index is 1.51. The summed E-state index contributed by atoms with van der Waals surface area (Å²) in [6.45, 7) is 4.84. The number of ether oxygens (including phenoxy) is 1. The van der Waals surface area contributed by atoms with Gasteiger partial charge in [0.15, 0.2) is 0 Å². The van der Waals surface area contributed by atoms with E-state index in [0.717, 1.165) is 37.5 Å². The van der Waals surface area contributed by atoms with Crippen molar-refractivity contribution in [2.75, 3.05) is 6.61 Å². The molecule has 3 saturated carbocycles. The SMILES string of the molecule is CC12CC[C@@H](OCC(=O)NN)C=C1CCC1C2CCC2(C)C(O)CCC12. The van der Waals surface area contributed by atoms with Gasteiger partial charge in [0.2, 0.25) is 0 Å². The number of hydrogen-bond acceptors (Lipinski definition) is 4. The molecular formula is C21H34N2O3. The molecule has 1 amide bonds. The minimum absolute atomic E-state index is 0.0338. The number of fused-ring (bicyclic) bond motifs is 5. The third kappa shape index (κ3) is 2.74. The van der Waals surface area contributed by atoms with Crippen molar-refractivity contribution in [2.45, 2.75) is 77.4 Å². The zero-order valence-electron chi connectivity index (χ0n) is 16.2. The van der Waals surface area contributed by atoms with Gasteiger partial charge >= 0.3 is 0 Å². The molecule has 4 aliphatic carbocycles. The molecule has 5 nitrogen and oxygen atoms in total. The second-order valence-corrected chi connectivity index (χ2v) is 9.62. The van der Waals surface area contributed by atoms with Crippen LogP contribution in [-0.2, 0) is 9.53 Å². The van der Waals surface area contributed by atoms with Gasteiger partial charge in [-0.15, -0.1) is 0 Å². The molecule has 0 aliphatic heterocycles. The number of carbonyl (C=O) groups excluding carboxylic acids is 1. The zero-order chi connectivity index (χ0) is 18.5. The van der Waals surface area contributed by atoms with Gasteiger partial charge in [0.1, 0.15) is 6.61 Å². The number of allylic oxidation sites excluding steroid dienone is 1. The lowest BCUT2D eigenvalue weighted by atomic mass is 9.47. The first-order valence-electron chi connectivity index (χ1n) is 10.4. The quantitative estimate of drug-likeness (QED) is 0.312. The van der Waals surface area contributed by atoms with Crippen molar-refractivity contribution in [2.24, 2.45) is 34.4 Å². The van der Waals surface area contributed by atoms with Crippen LogP contribution in [0.25, 0.3) is 0 Å². The largest absolute Gasteiger partial charge is 0.393 e. The summed E-state index contributed by atoms with van der Waals surface area (Å²) < 4.78 is 5.76. The standard InChI is InChI=1S/C21H34N2O3/c1-20-9-7-14(26-12-19(25)23-22)11-13(20)3-4-15-16-5-6-18(24)21(16,2)10-8-17(15)20/h11,14-18,24H,3-10,12,22H2,1-2H3,(H,23,25)/t14-,15?,16?,17?,18?,20?,21?/m1/s1. The van der Waals surface area contributed by atoms with Crippen LogP contribution in [0.5, 0.6) is 0 Å². The normalized spacial score (nSPS) is 47.4. The summed E-state index contributed by atoms with van der Waals surface area (Å²) in [5.41, 5.74) is 4.09. The van der Waals surface area contributed by atoms with Crippen molar-refractivity contribution >= 4 is 5.91 Å². The van der Waals surface area contributed by atoms with Crippen molar-refractivity contribution < 1.29 is 14.6 Å². The van der Waals surface area contributed by atoms with E-state index in [-0.39, 0.29) is 35.6 Å². The molecule has 0 aromatic carbocycles. The summed E-state index contributed by atoms with van der Waals surface area (Å²) in [6.07, 6.45) is 11.3. The van der Waals surface area contributed by atoms with Crippen molar-refractivity contribution in [1.29, 1.82) is 0 Å². The van der Waals surface area contributed by atoms with Crippen LogP contribution in [0.1, 0.15) is 65.2 Å². The topological polar surface area (TPSA) is 84.6 Å². The molecule has 0 saturated heterocycles. The number of amides is 1. The van der Waals surface area contributed by atoms with Crippen molar-refractivity contribution in [3.63, 3.8) is 0 Å². The molecule has 26 heavy (non-hydrogen) atoms. The number of nitrogens with two attached hydrogens (primary N) is 1. The number of hydrazine groups is 1. The summed E-state index contributed by atoms with van der Waals surface area (Å²) in [6, 6.07) is 0. The van der Waals surface area contributed by atoms with Gasteiger partial charge < -0.3 is 9.84 Å². The fourth-order valence-electron chi connectivity index (χ4n) is 7.02. The molecule has 4 rings (SSSR count). The summed E-state index contributed by atoms with van der Waals surface area (Å²) in [5, 5.41) is 10.6. The number of nitrogens with one attached hydrogen (secondary N) is 1. The molecular weight excluding hydrogens is 328 g/mol. The van der Waals surface area contributed by atoms with E-state index in [4.69, 9.17) is 10.6 Å². The molecule has 0 aromatic heterocycles. The van der Waals surface area contributed by atoms with Gasteiger partial charge in [0, 0.05) is 0 Å². The van der Waals surface area contributed by atoms with Crippen LogP contribution < -0.4 is 11.3 Å².